The third-order valence-electron chi connectivity index (χ3n) is 2.46. The van der Waals surface area contributed by atoms with E-state index in [1.54, 1.807) is 12.1 Å². The average Bonchev–Trinajstić information content (AvgIpc) is 2.25. The van der Waals surface area contributed by atoms with E-state index in [1.165, 1.54) is 6.26 Å². The van der Waals surface area contributed by atoms with Gasteiger partial charge in [-0.25, -0.2) is 8.42 Å². The summed E-state index contributed by atoms with van der Waals surface area (Å²) in [4.78, 5) is 0.366. The minimum atomic E-state index is -3.09. The van der Waals surface area contributed by atoms with Gasteiger partial charge in [0, 0.05) is 12.7 Å². The van der Waals surface area contributed by atoms with Crippen molar-refractivity contribution in [2.45, 2.75) is 31.1 Å². The molecule has 3 heteroatoms. The van der Waals surface area contributed by atoms with E-state index in [0.29, 0.717) is 10.8 Å². The molecular weight excluding hydrogens is 220 g/mol. The molecule has 0 heterocycles. The standard InChI is InChI=1S/C13H16O2S/c1-4-5-6-11(2)12-7-9-13(10-8-12)16(3,14)15/h7-11H,6H2,1-3H3. The van der Waals surface area contributed by atoms with E-state index in [9.17, 15) is 8.42 Å². The van der Waals surface area contributed by atoms with Gasteiger partial charge in [0.1, 0.15) is 0 Å². The fourth-order valence-electron chi connectivity index (χ4n) is 1.42. The molecule has 86 valence electrons. The van der Waals surface area contributed by atoms with Crippen molar-refractivity contribution < 1.29 is 8.42 Å². The molecule has 0 aromatic heterocycles. The summed E-state index contributed by atoms with van der Waals surface area (Å²) < 4.78 is 22.5. The van der Waals surface area contributed by atoms with E-state index in [1.807, 2.05) is 19.1 Å². The summed E-state index contributed by atoms with van der Waals surface area (Å²) in [6.07, 6.45) is 2.02. The van der Waals surface area contributed by atoms with Gasteiger partial charge < -0.3 is 0 Å². The second kappa shape index (κ2) is 5.18. The lowest BCUT2D eigenvalue weighted by molar-refractivity contribution is 0.602. The Hall–Kier alpha value is -1.27. The highest BCUT2D eigenvalue weighted by Gasteiger charge is 2.08. The van der Waals surface area contributed by atoms with Crippen molar-refractivity contribution in [1.29, 1.82) is 0 Å². The van der Waals surface area contributed by atoms with Crippen molar-refractivity contribution in [1.82, 2.24) is 0 Å². The first kappa shape index (κ1) is 12.8. The molecule has 0 aliphatic heterocycles. The summed E-state index contributed by atoms with van der Waals surface area (Å²) in [6.45, 7) is 3.90. The molecule has 16 heavy (non-hydrogen) atoms. The zero-order chi connectivity index (χ0) is 12.2. The van der Waals surface area contributed by atoms with Gasteiger partial charge >= 0.3 is 0 Å². The monoisotopic (exact) mass is 236 g/mol. The zero-order valence-corrected chi connectivity index (χ0v) is 10.6. The van der Waals surface area contributed by atoms with Crippen LogP contribution in [0.1, 0.15) is 31.7 Å². The maximum atomic E-state index is 11.3. The summed E-state index contributed by atoms with van der Waals surface area (Å²) in [5.41, 5.74) is 1.12. The van der Waals surface area contributed by atoms with Crippen LogP contribution in [0.2, 0.25) is 0 Å². The molecule has 0 fully saturated rings. The van der Waals surface area contributed by atoms with Crippen LogP contribution in [0.15, 0.2) is 29.2 Å². The van der Waals surface area contributed by atoms with Gasteiger partial charge in [0.2, 0.25) is 0 Å². The first-order chi connectivity index (χ1) is 7.45. The molecule has 0 saturated carbocycles. The molecule has 0 N–H and O–H groups in total. The van der Waals surface area contributed by atoms with E-state index in [2.05, 4.69) is 18.8 Å². The topological polar surface area (TPSA) is 34.1 Å². The van der Waals surface area contributed by atoms with Crippen LogP contribution in [-0.2, 0) is 9.84 Å². The van der Waals surface area contributed by atoms with Crippen molar-refractivity contribution in [2.75, 3.05) is 6.26 Å². The quantitative estimate of drug-likeness (QED) is 0.756. The smallest absolute Gasteiger partial charge is 0.175 e. The number of sulfone groups is 1. The third-order valence-corrected chi connectivity index (χ3v) is 3.59. The SMILES string of the molecule is CC#CCC(C)c1ccc(S(C)(=O)=O)cc1. The van der Waals surface area contributed by atoms with Crippen LogP contribution in [0.25, 0.3) is 0 Å². The summed E-state index contributed by atoms with van der Waals surface area (Å²) >= 11 is 0. The third kappa shape index (κ3) is 3.39. The molecule has 1 rings (SSSR count). The number of benzene rings is 1. The van der Waals surface area contributed by atoms with E-state index in [0.717, 1.165) is 12.0 Å². The lowest BCUT2D eigenvalue weighted by Crippen LogP contribution is -1.98. The number of rotatable bonds is 3. The van der Waals surface area contributed by atoms with Gasteiger partial charge in [0.15, 0.2) is 9.84 Å². The van der Waals surface area contributed by atoms with Crippen molar-refractivity contribution in [3.05, 3.63) is 29.8 Å². The largest absolute Gasteiger partial charge is 0.224 e. The molecule has 0 aliphatic carbocycles. The Kier molecular flexibility index (Phi) is 4.14. The Morgan fingerprint density at radius 1 is 1.25 bits per heavy atom. The van der Waals surface area contributed by atoms with E-state index < -0.39 is 9.84 Å². The molecule has 1 unspecified atom stereocenters. The normalized spacial score (nSPS) is 12.7. The Balaban J connectivity index is 2.89. The molecule has 0 radical (unpaired) electrons. The van der Waals surface area contributed by atoms with Crippen molar-refractivity contribution >= 4 is 9.84 Å². The zero-order valence-electron chi connectivity index (χ0n) is 9.82. The molecule has 0 spiro atoms. The summed E-state index contributed by atoms with van der Waals surface area (Å²) in [6, 6.07) is 7.03. The predicted octanol–water partition coefficient (Wildman–Crippen LogP) is 2.61. The molecule has 0 bridgehead atoms. The molecular formula is C13H16O2S. The van der Waals surface area contributed by atoms with Gasteiger partial charge in [-0.15, -0.1) is 11.8 Å². The van der Waals surface area contributed by atoms with Crippen LogP contribution >= 0.6 is 0 Å². The lowest BCUT2D eigenvalue weighted by atomic mass is 9.98. The van der Waals surface area contributed by atoms with Crippen LogP contribution in [0.3, 0.4) is 0 Å². The molecule has 0 saturated heterocycles. The van der Waals surface area contributed by atoms with Crippen molar-refractivity contribution in [3.63, 3.8) is 0 Å². The highest BCUT2D eigenvalue weighted by molar-refractivity contribution is 7.90. The predicted molar refractivity (Wildman–Crippen MR) is 66.0 cm³/mol. The van der Waals surface area contributed by atoms with Gasteiger partial charge in [0.05, 0.1) is 4.90 Å². The molecule has 2 nitrogen and oxygen atoms in total. The Morgan fingerprint density at radius 2 is 1.81 bits per heavy atom. The second-order valence-corrected chi connectivity index (χ2v) is 5.89. The molecule has 1 atom stereocenters. The van der Waals surface area contributed by atoms with Crippen LogP contribution in [0.5, 0.6) is 0 Å². The number of hydrogen-bond acceptors (Lipinski definition) is 2. The van der Waals surface area contributed by atoms with E-state index in [-0.39, 0.29) is 0 Å². The summed E-state index contributed by atoms with van der Waals surface area (Å²) in [7, 11) is -3.09. The van der Waals surface area contributed by atoms with Gasteiger partial charge in [-0.1, -0.05) is 19.1 Å². The van der Waals surface area contributed by atoms with Gasteiger partial charge in [-0.3, -0.25) is 0 Å². The minimum absolute atomic E-state index is 0.334. The van der Waals surface area contributed by atoms with E-state index in [4.69, 9.17) is 0 Å². The fraction of sp³-hybridized carbons (Fsp3) is 0.385. The highest BCUT2D eigenvalue weighted by Crippen LogP contribution is 2.20. The summed E-state index contributed by atoms with van der Waals surface area (Å²) in [5, 5.41) is 0. The molecule has 0 amide bonds. The number of hydrogen-bond donors (Lipinski definition) is 0. The van der Waals surface area contributed by atoms with Gasteiger partial charge in [0.25, 0.3) is 0 Å². The van der Waals surface area contributed by atoms with Crippen LogP contribution in [0.4, 0.5) is 0 Å². The Morgan fingerprint density at radius 3 is 2.25 bits per heavy atom. The first-order valence-electron chi connectivity index (χ1n) is 5.14. The minimum Gasteiger partial charge on any atom is -0.224 e. The maximum absolute atomic E-state index is 11.3. The average molecular weight is 236 g/mol. The highest BCUT2D eigenvalue weighted by atomic mass is 32.2. The first-order valence-corrected chi connectivity index (χ1v) is 7.04. The van der Waals surface area contributed by atoms with Crippen LogP contribution < -0.4 is 0 Å². The molecule has 1 aromatic rings. The lowest BCUT2D eigenvalue weighted by Gasteiger charge is -2.08. The van der Waals surface area contributed by atoms with Crippen molar-refractivity contribution in [3.8, 4) is 11.8 Å². The van der Waals surface area contributed by atoms with Gasteiger partial charge in [-0.2, -0.15) is 0 Å². The second-order valence-electron chi connectivity index (χ2n) is 3.87. The van der Waals surface area contributed by atoms with Gasteiger partial charge in [-0.05, 0) is 30.5 Å². The molecule has 1 aromatic carbocycles. The van der Waals surface area contributed by atoms with E-state index >= 15 is 0 Å². The van der Waals surface area contributed by atoms with Crippen LogP contribution in [0, 0.1) is 11.8 Å². The Labute approximate surface area is 97.6 Å². The maximum Gasteiger partial charge on any atom is 0.175 e. The molecule has 0 aliphatic rings. The van der Waals surface area contributed by atoms with Crippen LogP contribution in [-0.4, -0.2) is 14.7 Å². The van der Waals surface area contributed by atoms with Crippen molar-refractivity contribution in [2.24, 2.45) is 0 Å². The Bertz CT molecular complexity index is 501. The fourth-order valence-corrected chi connectivity index (χ4v) is 2.05. The summed E-state index contributed by atoms with van der Waals surface area (Å²) in [5.74, 6) is 6.22.